The number of hydrogen-bond donors (Lipinski definition) is 3. The Labute approximate surface area is 197 Å². The van der Waals surface area contributed by atoms with Crippen LogP contribution in [0.15, 0.2) is 60.7 Å². The second-order valence-corrected chi connectivity index (χ2v) is 8.17. The maximum absolute atomic E-state index is 12.9. The molecule has 1 amide bonds. The lowest BCUT2D eigenvalue weighted by Crippen LogP contribution is -2.43. The summed E-state index contributed by atoms with van der Waals surface area (Å²) < 4.78 is 10.8. The molecule has 4 aromatic rings. The Balaban J connectivity index is 1.34. The van der Waals surface area contributed by atoms with Crippen molar-refractivity contribution in [1.29, 1.82) is 0 Å². The van der Waals surface area contributed by atoms with Crippen molar-refractivity contribution in [2.24, 2.45) is 0 Å². The standard InChI is InChI=1S/C26H27N5O3/c1-33-21-13-19(14-22(16-21)34-2)18-5-8-23-24(15-18)29-30-25(23)28-26(32)17-3-6-20(7-4-17)31-11-9-27-10-12-31/h3-8,13-16,27H,9-12H2,1-2H3,(H2,28,29,30,32). The number of amides is 1. The average molecular weight is 458 g/mol. The first-order valence-electron chi connectivity index (χ1n) is 11.2. The quantitative estimate of drug-likeness (QED) is 0.407. The van der Waals surface area contributed by atoms with Crippen molar-refractivity contribution in [2.45, 2.75) is 0 Å². The minimum Gasteiger partial charge on any atom is -0.497 e. The van der Waals surface area contributed by atoms with Gasteiger partial charge < -0.3 is 25.0 Å². The SMILES string of the molecule is COc1cc(OC)cc(-c2ccc3c(NC(=O)c4ccc(N5CCNCC5)cc4)n[nH]c3c2)c1. The van der Waals surface area contributed by atoms with Gasteiger partial charge in [0.25, 0.3) is 5.91 Å². The van der Waals surface area contributed by atoms with Gasteiger partial charge >= 0.3 is 0 Å². The summed E-state index contributed by atoms with van der Waals surface area (Å²) in [6.45, 7) is 3.88. The molecule has 1 aromatic heterocycles. The summed E-state index contributed by atoms with van der Waals surface area (Å²) in [6, 6.07) is 19.4. The molecule has 3 aromatic carbocycles. The lowest BCUT2D eigenvalue weighted by Gasteiger charge is -2.29. The summed E-state index contributed by atoms with van der Waals surface area (Å²) >= 11 is 0. The monoisotopic (exact) mass is 457 g/mol. The van der Waals surface area contributed by atoms with E-state index in [0.717, 1.165) is 65.4 Å². The van der Waals surface area contributed by atoms with E-state index >= 15 is 0 Å². The summed E-state index contributed by atoms with van der Waals surface area (Å²) in [5.74, 6) is 1.74. The van der Waals surface area contributed by atoms with Crippen LogP contribution in [0.2, 0.25) is 0 Å². The summed E-state index contributed by atoms with van der Waals surface area (Å²) in [5, 5.41) is 14.5. The van der Waals surface area contributed by atoms with Crippen molar-refractivity contribution in [2.75, 3.05) is 50.6 Å². The van der Waals surface area contributed by atoms with Gasteiger partial charge in [-0.1, -0.05) is 6.07 Å². The van der Waals surface area contributed by atoms with E-state index in [1.165, 1.54) is 0 Å². The molecular weight excluding hydrogens is 430 g/mol. The van der Waals surface area contributed by atoms with Crippen LogP contribution in [0.5, 0.6) is 11.5 Å². The van der Waals surface area contributed by atoms with E-state index in [9.17, 15) is 4.79 Å². The number of carbonyl (C=O) groups excluding carboxylic acids is 1. The first-order chi connectivity index (χ1) is 16.6. The number of benzene rings is 3. The number of fused-ring (bicyclic) bond motifs is 1. The molecule has 2 heterocycles. The highest BCUT2D eigenvalue weighted by atomic mass is 16.5. The summed E-state index contributed by atoms with van der Waals surface area (Å²) in [4.78, 5) is 15.2. The van der Waals surface area contributed by atoms with Crippen LogP contribution >= 0.6 is 0 Å². The number of aromatic nitrogens is 2. The summed E-state index contributed by atoms with van der Waals surface area (Å²) in [7, 11) is 3.26. The summed E-state index contributed by atoms with van der Waals surface area (Å²) in [6.07, 6.45) is 0. The minimum atomic E-state index is -0.193. The van der Waals surface area contributed by atoms with Crippen LogP contribution in [-0.4, -0.2) is 56.5 Å². The molecule has 5 rings (SSSR count). The normalized spacial score (nSPS) is 13.6. The number of methoxy groups -OCH3 is 2. The van der Waals surface area contributed by atoms with Gasteiger partial charge in [-0.05, 0) is 59.7 Å². The molecule has 1 aliphatic heterocycles. The highest BCUT2D eigenvalue weighted by Crippen LogP contribution is 2.32. The highest BCUT2D eigenvalue weighted by molar-refractivity contribution is 6.08. The molecule has 0 bridgehead atoms. The highest BCUT2D eigenvalue weighted by Gasteiger charge is 2.15. The van der Waals surface area contributed by atoms with Crippen LogP contribution in [0.3, 0.4) is 0 Å². The predicted octanol–water partition coefficient (Wildman–Crippen LogP) is 3.91. The first kappa shape index (κ1) is 21.8. The van der Waals surface area contributed by atoms with Crippen molar-refractivity contribution in [3.05, 3.63) is 66.2 Å². The number of carbonyl (C=O) groups is 1. The molecule has 0 saturated carbocycles. The van der Waals surface area contributed by atoms with Crippen molar-refractivity contribution < 1.29 is 14.3 Å². The number of H-pyrrole nitrogens is 1. The summed E-state index contributed by atoms with van der Waals surface area (Å²) in [5.41, 5.74) is 4.49. The molecule has 34 heavy (non-hydrogen) atoms. The number of aromatic amines is 1. The zero-order valence-corrected chi connectivity index (χ0v) is 19.2. The Morgan fingerprint density at radius 3 is 2.29 bits per heavy atom. The van der Waals surface area contributed by atoms with Crippen LogP contribution in [0.1, 0.15) is 10.4 Å². The Kier molecular flexibility index (Phi) is 6.05. The maximum atomic E-state index is 12.9. The van der Waals surface area contributed by atoms with Crippen molar-refractivity contribution in [1.82, 2.24) is 15.5 Å². The molecule has 0 atom stereocenters. The Bertz CT molecular complexity index is 1290. The van der Waals surface area contributed by atoms with Crippen molar-refractivity contribution in [3.8, 4) is 22.6 Å². The zero-order valence-electron chi connectivity index (χ0n) is 19.2. The van der Waals surface area contributed by atoms with Crippen molar-refractivity contribution in [3.63, 3.8) is 0 Å². The third-order valence-electron chi connectivity index (χ3n) is 6.09. The van der Waals surface area contributed by atoms with E-state index in [2.05, 4.69) is 25.7 Å². The molecule has 1 saturated heterocycles. The fourth-order valence-corrected chi connectivity index (χ4v) is 4.19. The number of nitrogens with one attached hydrogen (secondary N) is 3. The van der Waals surface area contributed by atoms with Gasteiger partial charge in [-0.2, -0.15) is 5.10 Å². The van der Waals surface area contributed by atoms with Crippen LogP contribution in [0.25, 0.3) is 22.0 Å². The second-order valence-electron chi connectivity index (χ2n) is 8.17. The van der Waals surface area contributed by atoms with E-state index in [-0.39, 0.29) is 5.91 Å². The van der Waals surface area contributed by atoms with Gasteiger partial charge in [0.15, 0.2) is 5.82 Å². The van der Waals surface area contributed by atoms with E-state index in [0.29, 0.717) is 11.4 Å². The molecule has 0 spiro atoms. The Morgan fingerprint density at radius 2 is 1.62 bits per heavy atom. The number of hydrogen-bond acceptors (Lipinski definition) is 6. The molecular formula is C26H27N5O3. The average Bonchev–Trinajstić information content (AvgIpc) is 3.30. The molecule has 174 valence electrons. The van der Waals surface area contributed by atoms with Gasteiger partial charge in [-0.25, -0.2) is 0 Å². The molecule has 0 radical (unpaired) electrons. The number of ether oxygens (including phenoxy) is 2. The maximum Gasteiger partial charge on any atom is 0.256 e. The molecule has 1 aliphatic rings. The lowest BCUT2D eigenvalue weighted by atomic mass is 10.0. The molecule has 1 fully saturated rings. The molecule has 8 heteroatoms. The lowest BCUT2D eigenvalue weighted by molar-refractivity contribution is 0.102. The smallest absolute Gasteiger partial charge is 0.256 e. The van der Waals surface area contributed by atoms with E-state index in [1.807, 2.05) is 60.7 Å². The Hall–Kier alpha value is -4.04. The van der Waals surface area contributed by atoms with Crippen LogP contribution in [-0.2, 0) is 0 Å². The first-order valence-corrected chi connectivity index (χ1v) is 11.2. The third-order valence-corrected chi connectivity index (χ3v) is 6.09. The van der Waals surface area contributed by atoms with E-state index in [1.54, 1.807) is 14.2 Å². The zero-order chi connectivity index (χ0) is 23.5. The second kappa shape index (κ2) is 9.44. The molecule has 3 N–H and O–H groups in total. The van der Waals surface area contributed by atoms with Gasteiger partial charge in [0.1, 0.15) is 11.5 Å². The van der Waals surface area contributed by atoms with Crippen LogP contribution in [0, 0.1) is 0 Å². The number of rotatable bonds is 6. The van der Waals surface area contributed by atoms with Gasteiger partial charge in [-0.3, -0.25) is 9.89 Å². The number of nitrogens with zero attached hydrogens (tertiary/aromatic N) is 2. The van der Waals surface area contributed by atoms with Gasteiger partial charge in [-0.15, -0.1) is 0 Å². The fraction of sp³-hybridized carbons (Fsp3) is 0.231. The molecule has 0 unspecified atom stereocenters. The largest absolute Gasteiger partial charge is 0.497 e. The number of piperazine rings is 1. The van der Waals surface area contributed by atoms with Crippen LogP contribution < -0.4 is 25.0 Å². The van der Waals surface area contributed by atoms with Gasteiger partial charge in [0, 0.05) is 48.9 Å². The topological polar surface area (TPSA) is 91.5 Å². The van der Waals surface area contributed by atoms with Gasteiger partial charge in [0.05, 0.1) is 19.7 Å². The minimum absolute atomic E-state index is 0.193. The van der Waals surface area contributed by atoms with Crippen molar-refractivity contribution >= 4 is 28.3 Å². The molecule has 0 aliphatic carbocycles. The third kappa shape index (κ3) is 4.40. The molecule has 8 nitrogen and oxygen atoms in total. The van der Waals surface area contributed by atoms with Crippen LogP contribution in [0.4, 0.5) is 11.5 Å². The number of anilines is 2. The predicted molar refractivity (Wildman–Crippen MR) is 134 cm³/mol. The van der Waals surface area contributed by atoms with E-state index in [4.69, 9.17) is 9.47 Å². The Morgan fingerprint density at radius 1 is 0.912 bits per heavy atom. The fourth-order valence-electron chi connectivity index (χ4n) is 4.19. The van der Waals surface area contributed by atoms with E-state index < -0.39 is 0 Å². The van der Waals surface area contributed by atoms with Gasteiger partial charge in [0.2, 0.25) is 0 Å².